The summed E-state index contributed by atoms with van der Waals surface area (Å²) in [5.74, 6) is -2.44. The van der Waals surface area contributed by atoms with Gasteiger partial charge in [0.1, 0.15) is 75.9 Å². The van der Waals surface area contributed by atoms with Crippen LogP contribution >= 0.6 is 0 Å². The Hall–Kier alpha value is -13.4. The van der Waals surface area contributed by atoms with Gasteiger partial charge in [-0.2, -0.15) is 0 Å². The summed E-state index contributed by atoms with van der Waals surface area (Å²) < 4.78 is 101. The second kappa shape index (κ2) is 46.2. The van der Waals surface area contributed by atoms with Crippen LogP contribution in [0.2, 0.25) is 0 Å². The van der Waals surface area contributed by atoms with E-state index in [9.17, 15) is 48.6 Å². The summed E-state index contributed by atoms with van der Waals surface area (Å²) in [5.41, 5.74) is 15.0. The second-order valence-electron chi connectivity index (χ2n) is 29.9. The Morgan fingerprint density at radius 1 is 0.416 bits per heavy atom. The molecule has 0 spiro atoms. The first-order chi connectivity index (χ1) is 58.6. The van der Waals surface area contributed by atoms with Gasteiger partial charge in [-0.1, -0.05) is 72.8 Å². The molecule has 0 aliphatic rings. The summed E-state index contributed by atoms with van der Waals surface area (Å²) in [6.45, 7) is 20.8. The van der Waals surface area contributed by atoms with Crippen LogP contribution in [0.4, 0.5) is 39.8 Å². The molecule has 0 saturated carbocycles. The third kappa shape index (κ3) is 28.9. The largest absolute Gasteiger partial charge is 1.00 e. The summed E-state index contributed by atoms with van der Waals surface area (Å²) >= 11 is 0. The van der Waals surface area contributed by atoms with Gasteiger partial charge in [-0.25, -0.2) is 22.8 Å². The van der Waals surface area contributed by atoms with Gasteiger partial charge in [0.15, 0.2) is 0 Å². The van der Waals surface area contributed by atoms with Crippen LogP contribution in [0.1, 0.15) is 133 Å². The number of benzene rings is 9. The van der Waals surface area contributed by atoms with E-state index in [2.05, 4.69) is 26.6 Å². The van der Waals surface area contributed by atoms with Crippen molar-refractivity contribution in [1.82, 2.24) is 10.6 Å². The molecule has 10 N–H and O–H groups in total. The van der Waals surface area contributed by atoms with Crippen LogP contribution in [0.3, 0.4) is 0 Å². The number of aliphatic hydroxyl groups is 1. The number of esters is 3. The Bertz CT molecular complexity index is 5790. The zero-order chi connectivity index (χ0) is 89.2. The molecule has 31 heteroatoms. The number of anilines is 3. The molecule has 0 bridgehead atoms. The van der Waals surface area contributed by atoms with Gasteiger partial charge in [-0.05, 0) is 152 Å². The van der Waals surface area contributed by atoms with Crippen LogP contribution in [0.5, 0.6) is 17.2 Å². The van der Waals surface area contributed by atoms with Gasteiger partial charge in [0.25, 0.3) is 0 Å². The van der Waals surface area contributed by atoms with Gasteiger partial charge in [0, 0.05) is 159 Å². The summed E-state index contributed by atoms with van der Waals surface area (Å²) in [6, 6.07) is 45.9. The Morgan fingerprint density at radius 2 is 0.744 bits per heavy atom. The zero-order valence-electron chi connectivity index (χ0n) is 71.7. The SMILES string of the molecule is CC(C)(C)OC(=O)NCc1cccc(-c2cc(CO)cc3ccoc23)c1F.CCOC(=O)Cc1ccc(NC(C)=O)cc1O.CCOC(=O)Cc1ccc(NC(C)=O)cc1OCc1cc(-c2cccc(CN)c2F)c2occc2c1.CCOC(=O)Cc1ccc(NC(C)=O)cc1OCc1cc(-c2cccc(CNC(=O)OC(C)(C)C)c2F)c2occc2c1.[Li+].[OH-]. The second-order valence-corrected chi connectivity index (χ2v) is 29.9. The predicted octanol–water partition coefficient (Wildman–Crippen LogP) is 15.3. The van der Waals surface area contributed by atoms with E-state index in [1.165, 1.54) is 39.4 Å². The maximum atomic E-state index is 15.8. The molecule has 27 nitrogen and oxygen atoms in total. The number of carbonyl (C=O) groups excluding carboxylic acids is 8. The summed E-state index contributed by atoms with van der Waals surface area (Å²) in [4.78, 5) is 93.4. The van der Waals surface area contributed by atoms with E-state index >= 15 is 13.2 Å². The molecule has 12 aromatic rings. The van der Waals surface area contributed by atoms with Crippen molar-refractivity contribution < 1.29 is 132 Å². The number of fused-ring (bicyclic) bond motifs is 3. The molecule has 3 heterocycles. The number of carbonyl (C=O) groups is 8. The molecule has 0 fully saturated rings. The van der Waals surface area contributed by atoms with Crippen molar-refractivity contribution in [3.8, 4) is 50.6 Å². The number of halogens is 3. The van der Waals surface area contributed by atoms with E-state index in [0.717, 1.165) is 21.7 Å². The van der Waals surface area contributed by atoms with Gasteiger partial charge in [0.2, 0.25) is 17.7 Å². The Kier molecular flexibility index (Phi) is 36.5. The number of phenols is 1. The number of alkyl carbamates (subject to hydrolysis) is 2. The van der Waals surface area contributed by atoms with E-state index in [0.29, 0.717) is 124 Å². The van der Waals surface area contributed by atoms with Gasteiger partial charge in [-0.3, -0.25) is 28.8 Å². The molecule has 0 radical (unpaired) electrons. The van der Waals surface area contributed by atoms with Crippen molar-refractivity contribution in [1.29, 1.82) is 0 Å². The first-order valence-corrected chi connectivity index (χ1v) is 39.3. The molecular formula is C94H100F3LiN6O21. The van der Waals surface area contributed by atoms with E-state index in [-0.39, 0.29) is 131 Å². The third-order valence-electron chi connectivity index (χ3n) is 17.9. The van der Waals surface area contributed by atoms with Crippen molar-refractivity contribution >= 4 is 97.8 Å². The quantitative estimate of drug-likeness (QED) is 0.0135. The molecular weight excluding hydrogens is 1610 g/mol. The van der Waals surface area contributed by atoms with Crippen molar-refractivity contribution in [3.05, 3.63) is 250 Å². The van der Waals surface area contributed by atoms with Crippen LogP contribution in [0.25, 0.3) is 66.3 Å². The molecule has 9 aromatic carbocycles. The number of amides is 5. The fraction of sp³-hybridized carbons (Fsp3) is 0.277. The fourth-order valence-corrected chi connectivity index (χ4v) is 12.7. The molecule has 125 heavy (non-hydrogen) atoms. The Balaban J connectivity index is 0.000000238. The monoisotopic (exact) mass is 1710 g/mol. The number of rotatable bonds is 27. The number of hydrogen-bond acceptors (Lipinski definition) is 22. The molecule has 0 saturated heterocycles. The van der Waals surface area contributed by atoms with Crippen LogP contribution in [0.15, 0.2) is 196 Å². The van der Waals surface area contributed by atoms with E-state index in [1.54, 1.807) is 208 Å². The maximum Gasteiger partial charge on any atom is 1.00 e. The number of nitrogens with one attached hydrogen (secondary N) is 5. The number of furan rings is 3. The number of nitrogens with two attached hydrogens (primary N) is 1. The first kappa shape index (κ1) is 98.7. The van der Waals surface area contributed by atoms with E-state index < -0.39 is 52.8 Å². The summed E-state index contributed by atoms with van der Waals surface area (Å²) in [7, 11) is 0. The molecule has 0 atom stereocenters. The minimum atomic E-state index is -0.678. The number of ether oxygens (including phenoxy) is 7. The standard InChI is InChI=1S/C33H35FN2O7.C28H27FN2O5.C21H22FNO4.C12H15NO4.Li.H2O/c1-6-40-29(38)16-22-10-11-25(36-20(2)37)17-28(22)42-19-21-14-23-12-13-41-31(23)27(15-21)26-9-7-8-24(30(26)34)18-35-32(39)43-33(3,4)5;1-3-34-26(33)13-19-7-8-22(31-17(2)32)14-25(19)36-16-18-11-20-9-10-35-28(20)24(12-18)23-6-4-5-21(15-30)27(23)29;1-21(2,3)27-20(25)23-11-15-5-4-6-16(18(15)22)17-10-13(12-24)9-14-7-8-26-19(14)17;1-3-17-12(16)6-9-4-5-10(7-11(9)15)13-8(2)14;;/h7-15,17H,6,16,18-19H2,1-5H3,(H,35,39)(H,36,37);4-12,14H,3,13,15-16,30H2,1-2H3,(H,31,32);4-10,24H,11-12H2,1-3H3,(H,23,25);4-5,7,15H,3,6H2,1-2H3,(H,13,14);;1H2/q;;;;+1;/p-1. The summed E-state index contributed by atoms with van der Waals surface area (Å²) in [5, 5.41) is 34.6. The minimum Gasteiger partial charge on any atom is -0.870 e. The number of aromatic hydroxyl groups is 1. The van der Waals surface area contributed by atoms with Gasteiger partial charge >= 0.3 is 49.0 Å². The Labute approximate surface area is 732 Å². The first-order valence-electron chi connectivity index (χ1n) is 39.3. The minimum absolute atomic E-state index is 0. The van der Waals surface area contributed by atoms with Crippen molar-refractivity contribution in [2.45, 2.75) is 153 Å². The average molecular weight is 1710 g/mol. The number of aliphatic hydroxyl groups excluding tert-OH is 1. The molecule has 3 aromatic heterocycles. The van der Waals surface area contributed by atoms with Crippen molar-refractivity contribution in [3.63, 3.8) is 0 Å². The van der Waals surface area contributed by atoms with Crippen molar-refractivity contribution in [2.75, 3.05) is 35.8 Å². The fourth-order valence-electron chi connectivity index (χ4n) is 12.7. The normalized spacial score (nSPS) is 10.8. The van der Waals surface area contributed by atoms with Crippen LogP contribution in [-0.2, 0) is 111 Å². The predicted molar refractivity (Wildman–Crippen MR) is 460 cm³/mol. The molecule has 0 aliphatic heterocycles. The van der Waals surface area contributed by atoms with Gasteiger partial charge in [-0.15, -0.1) is 0 Å². The van der Waals surface area contributed by atoms with Crippen LogP contribution in [0, 0.1) is 17.5 Å². The zero-order valence-corrected chi connectivity index (χ0v) is 71.7. The van der Waals surface area contributed by atoms with Crippen molar-refractivity contribution in [2.24, 2.45) is 5.73 Å². The third-order valence-corrected chi connectivity index (χ3v) is 17.9. The maximum absolute atomic E-state index is 15.8. The number of phenolic OH excluding ortho intramolecular Hbond substituents is 1. The molecule has 0 aliphatic carbocycles. The van der Waals surface area contributed by atoms with E-state index in [4.69, 9.17) is 52.1 Å². The molecule has 5 amide bonds. The molecule has 0 unspecified atom stereocenters. The van der Waals surface area contributed by atoms with Crippen LogP contribution in [-0.4, -0.2) is 94.5 Å². The smallest absolute Gasteiger partial charge is 0.870 e. The van der Waals surface area contributed by atoms with Gasteiger partial charge in [0.05, 0.1) is 64.5 Å². The van der Waals surface area contributed by atoms with Crippen LogP contribution < -0.4 is 60.7 Å². The van der Waals surface area contributed by atoms with E-state index in [1.807, 2.05) is 18.2 Å². The Morgan fingerprint density at radius 3 is 1.08 bits per heavy atom. The molecule has 12 rings (SSSR count). The average Bonchev–Trinajstić information content (AvgIpc) is 1.73. The summed E-state index contributed by atoms with van der Waals surface area (Å²) in [6.07, 6.45) is 3.38. The topological polar surface area (TPSA) is 397 Å². The molecule has 654 valence electrons. The van der Waals surface area contributed by atoms with Gasteiger partial charge < -0.3 is 94.4 Å². The number of hydrogen-bond donors (Lipinski definition) is 8.